The van der Waals surface area contributed by atoms with Crippen LogP contribution in [0.2, 0.25) is 0 Å². The lowest BCUT2D eigenvalue weighted by Crippen LogP contribution is -2.43. The second-order valence-electron chi connectivity index (χ2n) is 3.28. The first-order valence-electron chi connectivity index (χ1n) is 5.09. The number of amides is 1. The maximum atomic E-state index is 11.1. The molecule has 1 rings (SSSR count). The van der Waals surface area contributed by atoms with Crippen molar-refractivity contribution in [3.05, 3.63) is 0 Å². The molecule has 1 heterocycles. The topological polar surface area (TPSA) is 77.8 Å². The molecule has 1 aliphatic rings. The van der Waals surface area contributed by atoms with Crippen LogP contribution in [0.5, 0.6) is 0 Å². The number of aliphatic hydroxyl groups is 2. The number of hydrogen-bond donors (Lipinski definition) is 2. The van der Waals surface area contributed by atoms with E-state index in [9.17, 15) is 19.8 Å². The highest BCUT2D eigenvalue weighted by atomic mass is 16.3. The predicted octanol–water partition coefficient (Wildman–Crippen LogP) is -0.446. The van der Waals surface area contributed by atoms with Gasteiger partial charge in [-0.3, -0.25) is 9.59 Å². The molecule has 0 aliphatic carbocycles. The van der Waals surface area contributed by atoms with Gasteiger partial charge in [0.05, 0.1) is 12.6 Å². The van der Waals surface area contributed by atoms with Crippen molar-refractivity contribution < 1.29 is 19.8 Å². The van der Waals surface area contributed by atoms with Gasteiger partial charge in [0, 0.05) is 6.92 Å². The largest absolute Gasteiger partial charge is 0.388 e. The Kier molecular flexibility index (Phi) is 5.46. The Balaban J connectivity index is 0.000000921. The normalized spacial score (nSPS) is 29.5. The van der Waals surface area contributed by atoms with Gasteiger partial charge < -0.3 is 15.1 Å². The molecule has 88 valence electrons. The molecule has 3 unspecified atom stereocenters. The van der Waals surface area contributed by atoms with Gasteiger partial charge in [-0.2, -0.15) is 0 Å². The summed E-state index contributed by atoms with van der Waals surface area (Å²) in [6, 6.07) is -0.882. The number of carbonyl (C=O) groups is 2. The number of rotatable bonds is 1. The van der Waals surface area contributed by atoms with Crippen molar-refractivity contribution in [1.29, 1.82) is 0 Å². The molecule has 0 aromatic carbocycles. The Labute approximate surface area is 89.7 Å². The molecule has 5 heteroatoms. The Morgan fingerprint density at radius 3 is 1.93 bits per heavy atom. The van der Waals surface area contributed by atoms with E-state index in [0.29, 0.717) is 0 Å². The fourth-order valence-corrected chi connectivity index (χ4v) is 1.60. The van der Waals surface area contributed by atoms with Crippen LogP contribution in [-0.4, -0.2) is 51.6 Å². The molecule has 1 aliphatic heterocycles. The zero-order valence-corrected chi connectivity index (χ0v) is 9.60. The number of aliphatic hydroxyl groups excluding tert-OH is 2. The quantitative estimate of drug-likeness (QED) is 0.624. The smallest absolute Gasteiger partial charge is 0.220 e. The van der Waals surface area contributed by atoms with Crippen LogP contribution in [0.1, 0.15) is 27.7 Å². The minimum atomic E-state index is -1.15. The minimum absolute atomic E-state index is 0.0285. The average Bonchev–Trinajstić information content (AvgIpc) is 2.47. The third-order valence-corrected chi connectivity index (χ3v) is 2.26. The van der Waals surface area contributed by atoms with Gasteiger partial charge in [-0.15, -0.1) is 0 Å². The van der Waals surface area contributed by atoms with Crippen LogP contribution in [-0.2, 0) is 9.59 Å². The summed E-state index contributed by atoms with van der Waals surface area (Å²) in [5, 5.41) is 18.6. The summed E-state index contributed by atoms with van der Waals surface area (Å²) in [5.41, 5.74) is 0. The Bertz CT molecular complexity index is 242. The molecular formula is C10H19NO4. The van der Waals surface area contributed by atoms with Crippen LogP contribution in [0.25, 0.3) is 0 Å². The lowest BCUT2D eigenvalue weighted by atomic mass is 10.1. The van der Waals surface area contributed by atoms with Gasteiger partial charge in [-0.1, -0.05) is 13.8 Å². The summed E-state index contributed by atoms with van der Waals surface area (Å²) in [6.45, 7) is 6.63. The fourth-order valence-electron chi connectivity index (χ4n) is 1.60. The van der Waals surface area contributed by atoms with E-state index in [4.69, 9.17) is 0 Å². The summed E-state index contributed by atoms with van der Waals surface area (Å²) in [7, 11) is 0. The SMILES string of the molecule is CC.CC(=O)C1C(O)C(O)CN1C(C)=O. The highest BCUT2D eigenvalue weighted by Gasteiger charge is 2.43. The zero-order valence-electron chi connectivity index (χ0n) is 9.60. The van der Waals surface area contributed by atoms with Crippen molar-refractivity contribution in [1.82, 2.24) is 4.90 Å². The highest BCUT2D eigenvalue weighted by molar-refractivity contribution is 5.88. The molecule has 15 heavy (non-hydrogen) atoms. The van der Waals surface area contributed by atoms with Gasteiger partial charge in [-0.25, -0.2) is 0 Å². The maximum Gasteiger partial charge on any atom is 0.220 e. The minimum Gasteiger partial charge on any atom is -0.388 e. The molecule has 1 fully saturated rings. The Morgan fingerprint density at radius 2 is 1.67 bits per heavy atom. The van der Waals surface area contributed by atoms with Gasteiger partial charge in [0.15, 0.2) is 5.78 Å². The zero-order chi connectivity index (χ0) is 12.2. The number of nitrogens with zero attached hydrogens (tertiary/aromatic N) is 1. The van der Waals surface area contributed by atoms with Crippen molar-refractivity contribution in [2.24, 2.45) is 0 Å². The average molecular weight is 217 g/mol. The second kappa shape index (κ2) is 5.82. The second-order valence-corrected chi connectivity index (χ2v) is 3.28. The van der Waals surface area contributed by atoms with Crippen molar-refractivity contribution >= 4 is 11.7 Å². The van der Waals surface area contributed by atoms with Crippen molar-refractivity contribution in [3.63, 3.8) is 0 Å². The molecule has 0 saturated carbocycles. The van der Waals surface area contributed by atoms with Crippen molar-refractivity contribution in [2.75, 3.05) is 6.54 Å². The van der Waals surface area contributed by atoms with E-state index in [1.807, 2.05) is 13.8 Å². The van der Waals surface area contributed by atoms with Gasteiger partial charge in [-0.05, 0) is 6.92 Å². The van der Waals surface area contributed by atoms with E-state index in [0.717, 1.165) is 0 Å². The Hall–Kier alpha value is -0.940. The van der Waals surface area contributed by atoms with Gasteiger partial charge >= 0.3 is 0 Å². The molecule has 2 N–H and O–H groups in total. The first-order chi connectivity index (χ1) is 6.95. The number of carbonyl (C=O) groups excluding carboxylic acids is 2. The van der Waals surface area contributed by atoms with E-state index < -0.39 is 18.2 Å². The lowest BCUT2D eigenvalue weighted by Gasteiger charge is -2.21. The van der Waals surface area contributed by atoms with E-state index in [1.54, 1.807) is 0 Å². The van der Waals surface area contributed by atoms with Crippen LogP contribution in [0.15, 0.2) is 0 Å². The molecule has 0 aromatic heterocycles. The number of Topliss-reactive ketones (excluding diaryl/α,β-unsaturated/α-hetero) is 1. The molecule has 5 nitrogen and oxygen atoms in total. The summed E-state index contributed by atoms with van der Waals surface area (Å²) in [6.07, 6.45) is -2.17. The highest BCUT2D eigenvalue weighted by Crippen LogP contribution is 2.19. The van der Waals surface area contributed by atoms with E-state index in [-0.39, 0.29) is 18.2 Å². The van der Waals surface area contributed by atoms with Crippen molar-refractivity contribution in [3.8, 4) is 0 Å². The van der Waals surface area contributed by atoms with E-state index in [1.165, 1.54) is 18.7 Å². The summed E-state index contributed by atoms with van der Waals surface area (Å²) in [4.78, 5) is 23.2. The van der Waals surface area contributed by atoms with Crippen LogP contribution >= 0.6 is 0 Å². The molecular weight excluding hydrogens is 198 g/mol. The van der Waals surface area contributed by atoms with Crippen LogP contribution < -0.4 is 0 Å². The van der Waals surface area contributed by atoms with Crippen LogP contribution in [0.3, 0.4) is 0 Å². The summed E-state index contributed by atoms with van der Waals surface area (Å²) < 4.78 is 0. The first kappa shape index (κ1) is 14.1. The third-order valence-electron chi connectivity index (χ3n) is 2.26. The number of ketones is 1. The van der Waals surface area contributed by atoms with Crippen LogP contribution in [0.4, 0.5) is 0 Å². The lowest BCUT2D eigenvalue weighted by molar-refractivity contribution is -0.137. The van der Waals surface area contributed by atoms with Gasteiger partial charge in [0.2, 0.25) is 5.91 Å². The molecule has 0 radical (unpaired) electrons. The van der Waals surface area contributed by atoms with Crippen molar-refractivity contribution in [2.45, 2.75) is 45.9 Å². The van der Waals surface area contributed by atoms with Crippen LogP contribution in [0, 0.1) is 0 Å². The number of hydrogen-bond acceptors (Lipinski definition) is 4. The number of likely N-dealkylation sites (tertiary alicyclic amines) is 1. The maximum absolute atomic E-state index is 11.1. The van der Waals surface area contributed by atoms with Gasteiger partial charge in [0.25, 0.3) is 0 Å². The first-order valence-corrected chi connectivity index (χ1v) is 5.09. The molecule has 3 atom stereocenters. The molecule has 1 amide bonds. The molecule has 0 spiro atoms. The monoisotopic (exact) mass is 217 g/mol. The summed E-state index contributed by atoms with van der Waals surface area (Å²) >= 11 is 0. The van der Waals surface area contributed by atoms with Gasteiger partial charge in [0.1, 0.15) is 12.1 Å². The van der Waals surface area contributed by atoms with E-state index in [2.05, 4.69) is 0 Å². The predicted molar refractivity (Wildman–Crippen MR) is 55.2 cm³/mol. The molecule has 1 saturated heterocycles. The Morgan fingerprint density at radius 1 is 1.20 bits per heavy atom. The standard InChI is InChI=1S/C8H13NO4.C2H6/c1-4(10)7-8(13)6(12)3-9(7)5(2)11;1-2/h6-8,12-13H,3H2,1-2H3;1-2H3. The number of β-amino-alcohol motifs (C(OH)–C–C–N with tert-alkyl or cyclic N) is 1. The fraction of sp³-hybridized carbons (Fsp3) is 0.800. The van der Waals surface area contributed by atoms with E-state index >= 15 is 0 Å². The third kappa shape index (κ3) is 3.00. The summed E-state index contributed by atoms with van der Waals surface area (Å²) in [5.74, 6) is -0.616. The molecule has 0 bridgehead atoms. The molecule has 0 aromatic rings.